The van der Waals surface area contributed by atoms with Crippen LogP contribution in [-0.2, 0) is 17.9 Å². The molecule has 2 heterocycles. The molecule has 1 fully saturated rings. The van der Waals surface area contributed by atoms with Crippen molar-refractivity contribution in [2.24, 2.45) is 0 Å². The molecular formula is C15H21ClN2O2. The SMILES string of the molecule is CN(Cc1cc(Cl)cc2c1OCOC2)CC1CCCN1. The summed E-state index contributed by atoms with van der Waals surface area (Å²) in [6, 6.07) is 4.54. The van der Waals surface area contributed by atoms with Crippen molar-refractivity contribution < 1.29 is 9.47 Å². The number of halogens is 1. The van der Waals surface area contributed by atoms with E-state index in [0.29, 0.717) is 19.4 Å². The van der Waals surface area contributed by atoms with Gasteiger partial charge in [-0.15, -0.1) is 0 Å². The first kappa shape index (κ1) is 14.1. The van der Waals surface area contributed by atoms with Gasteiger partial charge >= 0.3 is 0 Å². The number of fused-ring (bicyclic) bond motifs is 1. The van der Waals surface area contributed by atoms with Gasteiger partial charge in [0.1, 0.15) is 5.75 Å². The fourth-order valence-corrected chi connectivity index (χ4v) is 3.28. The number of benzene rings is 1. The van der Waals surface area contributed by atoms with Crippen molar-refractivity contribution in [3.05, 3.63) is 28.3 Å². The molecule has 4 nitrogen and oxygen atoms in total. The van der Waals surface area contributed by atoms with Gasteiger partial charge in [0.05, 0.1) is 6.61 Å². The third-order valence-electron chi connectivity index (χ3n) is 3.89. The molecule has 3 rings (SSSR count). The van der Waals surface area contributed by atoms with E-state index in [4.69, 9.17) is 21.1 Å². The van der Waals surface area contributed by atoms with Gasteiger partial charge in [-0.3, -0.25) is 0 Å². The first-order valence-electron chi connectivity index (χ1n) is 7.16. The Bertz CT molecular complexity index is 475. The monoisotopic (exact) mass is 296 g/mol. The van der Waals surface area contributed by atoms with Crippen molar-refractivity contribution in [2.45, 2.75) is 32.0 Å². The van der Waals surface area contributed by atoms with Crippen molar-refractivity contribution in [1.82, 2.24) is 10.2 Å². The zero-order chi connectivity index (χ0) is 13.9. The van der Waals surface area contributed by atoms with Crippen LogP contribution in [0, 0.1) is 0 Å². The van der Waals surface area contributed by atoms with Crippen LogP contribution in [0.3, 0.4) is 0 Å². The summed E-state index contributed by atoms with van der Waals surface area (Å²) in [5.74, 6) is 0.951. The molecule has 1 unspecified atom stereocenters. The second-order valence-corrected chi connectivity index (χ2v) is 6.09. The Labute approximate surface area is 125 Å². The number of rotatable bonds is 4. The summed E-state index contributed by atoms with van der Waals surface area (Å²) in [5, 5.41) is 4.28. The van der Waals surface area contributed by atoms with Crippen molar-refractivity contribution >= 4 is 11.6 Å². The van der Waals surface area contributed by atoms with Gasteiger partial charge < -0.3 is 19.7 Å². The van der Waals surface area contributed by atoms with E-state index in [1.165, 1.54) is 12.8 Å². The Kier molecular flexibility index (Phi) is 4.46. The molecule has 1 aromatic rings. The topological polar surface area (TPSA) is 33.7 Å². The van der Waals surface area contributed by atoms with Crippen molar-refractivity contribution in [3.63, 3.8) is 0 Å². The van der Waals surface area contributed by atoms with Crippen LogP contribution in [0.2, 0.25) is 5.02 Å². The fourth-order valence-electron chi connectivity index (χ4n) is 3.02. The van der Waals surface area contributed by atoms with Crippen LogP contribution in [0.25, 0.3) is 0 Å². The van der Waals surface area contributed by atoms with E-state index < -0.39 is 0 Å². The largest absolute Gasteiger partial charge is 0.467 e. The van der Waals surface area contributed by atoms with E-state index in [1.54, 1.807) is 0 Å². The second kappa shape index (κ2) is 6.31. The summed E-state index contributed by atoms with van der Waals surface area (Å²) in [4.78, 5) is 2.33. The molecule has 2 aliphatic heterocycles. The standard InChI is InChI=1S/C15H21ClN2O2/c1-18(8-14-3-2-4-17-14)7-11-5-13(16)6-12-9-19-10-20-15(11)12/h5-6,14,17H,2-4,7-10H2,1H3. The predicted molar refractivity (Wildman–Crippen MR) is 79.1 cm³/mol. The molecule has 1 saturated heterocycles. The Morgan fingerprint density at radius 2 is 2.35 bits per heavy atom. The summed E-state index contributed by atoms with van der Waals surface area (Å²) in [6.45, 7) is 3.96. The van der Waals surface area contributed by atoms with Crippen molar-refractivity contribution in [2.75, 3.05) is 26.9 Å². The Balaban J connectivity index is 1.71. The van der Waals surface area contributed by atoms with Gasteiger partial charge in [-0.2, -0.15) is 0 Å². The molecule has 2 aliphatic rings. The Hall–Kier alpha value is -0.810. The summed E-state index contributed by atoms with van der Waals surface area (Å²) in [6.07, 6.45) is 2.55. The quantitative estimate of drug-likeness (QED) is 0.925. The minimum Gasteiger partial charge on any atom is -0.467 e. The van der Waals surface area contributed by atoms with Crippen LogP contribution in [-0.4, -0.2) is 37.9 Å². The van der Waals surface area contributed by atoms with Gasteiger partial charge in [-0.05, 0) is 38.6 Å². The molecule has 0 aliphatic carbocycles. The molecule has 110 valence electrons. The van der Waals surface area contributed by atoms with Crippen LogP contribution in [0.1, 0.15) is 24.0 Å². The van der Waals surface area contributed by atoms with E-state index in [1.807, 2.05) is 12.1 Å². The number of hydrogen-bond acceptors (Lipinski definition) is 4. The van der Waals surface area contributed by atoms with Crippen LogP contribution in [0.4, 0.5) is 0 Å². The van der Waals surface area contributed by atoms with E-state index in [0.717, 1.165) is 41.5 Å². The average molecular weight is 297 g/mol. The third kappa shape index (κ3) is 3.26. The molecule has 1 atom stereocenters. The molecule has 5 heteroatoms. The van der Waals surface area contributed by atoms with Gasteiger partial charge in [0.15, 0.2) is 6.79 Å². The van der Waals surface area contributed by atoms with Crippen molar-refractivity contribution in [3.8, 4) is 5.75 Å². The molecule has 1 aromatic carbocycles. The maximum Gasteiger partial charge on any atom is 0.189 e. The minimum atomic E-state index is 0.329. The number of likely N-dealkylation sites (N-methyl/N-ethyl adjacent to an activating group) is 1. The summed E-state index contributed by atoms with van der Waals surface area (Å²) < 4.78 is 11.0. The van der Waals surface area contributed by atoms with Crippen LogP contribution < -0.4 is 10.1 Å². The molecule has 0 aromatic heterocycles. The van der Waals surface area contributed by atoms with E-state index >= 15 is 0 Å². The van der Waals surface area contributed by atoms with Gasteiger partial charge in [0.2, 0.25) is 0 Å². The summed E-state index contributed by atoms with van der Waals surface area (Å²) in [7, 11) is 2.15. The van der Waals surface area contributed by atoms with Crippen molar-refractivity contribution in [1.29, 1.82) is 0 Å². The van der Waals surface area contributed by atoms with Crippen LogP contribution >= 0.6 is 11.6 Å². The maximum absolute atomic E-state index is 6.19. The average Bonchev–Trinajstić information content (AvgIpc) is 2.91. The normalized spacial score (nSPS) is 21.9. The molecule has 1 N–H and O–H groups in total. The summed E-state index contributed by atoms with van der Waals surface area (Å²) in [5.41, 5.74) is 2.20. The maximum atomic E-state index is 6.19. The molecule has 0 saturated carbocycles. The minimum absolute atomic E-state index is 0.329. The molecular weight excluding hydrogens is 276 g/mol. The van der Waals surface area contributed by atoms with Crippen LogP contribution in [0.5, 0.6) is 5.75 Å². The van der Waals surface area contributed by atoms with E-state index in [2.05, 4.69) is 17.3 Å². The zero-order valence-electron chi connectivity index (χ0n) is 11.8. The highest BCUT2D eigenvalue weighted by Gasteiger charge is 2.20. The predicted octanol–water partition coefficient (Wildman–Crippen LogP) is 2.39. The highest BCUT2D eigenvalue weighted by molar-refractivity contribution is 6.30. The molecule has 0 bridgehead atoms. The van der Waals surface area contributed by atoms with E-state index in [9.17, 15) is 0 Å². The number of nitrogens with zero attached hydrogens (tertiary/aromatic N) is 1. The Morgan fingerprint density at radius 1 is 1.45 bits per heavy atom. The lowest BCUT2D eigenvalue weighted by atomic mass is 10.1. The summed E-state index contributed by atoms with van der Waals surface area (Å²) >= 11 is 6.19. The zero-order valence-corrected chi connectivity index (χ0v) is 12.6. The van der Waals surface area contributed by atoms with E-state index in [-0.39, 0.29) is 0 Å². The molecule has 0 amide bonds. The van der Waals surface area contributed by atoms with Gasteiger partial charge in [0.25, 0.3) is 0 Å². The lowest BCUT2D eigenvalue weighted by molar-refractivity contribution is -0.0174. The first-order valence-corrected chi connectivity index (χ1v) is 7.54. The molecule has 0 radical (unpaired) electrons. The smallest absolute Gasteiger partial charge is 0.189 e. The van der Waals surface area contributed by atoms with Crippen LogP contribution in [0.15, 0.2) is 12.1 Å². The highest BCUT2D eigenvalue weighted by Crippen LogP contribution is 2.32. The van der Waals surface area contributed by atoms with Gasteiger partial charge in [-0.25, -0.2) is 0 Å². The lowest BCUT2D eigenvalue weighted by Gasteiger charge is -2.25. The second-order valence-electron chi connectivity index (χ2n) is 5.65. The molecule has 0 spiro atoms. The fraction of sp³-hybridized carbons (Fsp3) is 0.600. The van der Waals surface area contributed by atoms with Gasteiger partial charge in [0, 0.05) is 35.3 Å². The third-order valence-corrected chi connectivity index (χ3v) is 4.10. The molecule has 20 heavy (non-hydrogen) atoms. The first-order chi connectivity index (χ1) is 9.72. The number of hydrogen-bond donors (Lipinski definition) is 1. The highest BCUT2D eigenvalue weighted by atomic mass is 35.5. The lowest BCUT2D eigenvalue weighted by Crippen LogP contribution is -2.35. The number of ether oxygens (including phenoxy) is 2. The van der Waals surface area contributed by atoms with Gasteiger partial charge in [-0.1, -0.05) is 11.6 Å². The Morgan fingerprint density at radius 3 is 3.15 bits per heavy atom. The number of nitrogens with one attached hydrogen (secondary N) is 1.